The third-order valence-electron chi connectivity index (χ3n) is 2.53. The number of aromatic hydroxyl groups is 1. The topological polar surface area (TPSA) is 109 Å². The van der Waals surface area contributed by atoms with Crippen LogP contribution in [0.3, 0.4) is 0 Å². The summed E-state index contributed by atoms with van der Waals surface area (Å²) in [7, 11) is 1.48. The summed E-state index contributed by atoms with van der Waals surface area (Å²) in [5, 5.41) is 15.8. The number of halogens is 1. The second kappa shape index (κ2) is 9.65. The average Bonchev–Trinajstić information content (AvgIpc) is 2.52. The van der Waals surface area contributed by atoms with E-state index >= 15 is 0 Å². The lowest BCUT2D eigenvalue weighted by Crippen LogP contribution is -2.39. The van der Waals surface area contributed by atoms with Crippen molar-refractivity contribution in [3.05, 3.63) is 22.7 Å². The summed E-state index contributed by atoms with van der Waals surface area (Å²) in [6, 6.07) is 2.94. The Morgan fingerprint density at radius 2 is 2.13 bits per heavy atom. The molecule has 1 aromatic rings. The molecular formula is C14H18ClN3O5. The molecule has 0 fully saturated rings. The number of rotatable bonds is 7. The number of ether oxygens (including phenoxy) is 2. The number of phenolic OH excluding ortho intramolecular Hbond substituents is 1. The number of nitrogens with one attached hydrogen (secondary N) is 2. The average molecular weight is 344 g/mol. The first kappa shape index (κ1) is 18.7. The molecule has 0 atom stereocenters. The van der Waals surface area contributed by atoms with Gasteiger partial charge in [0.15, 0.2) is 11.5 Å². The Labute approximate surface area is 138 Å². The number of hydrogen-bond acceptors (Lipinski definition) is 6. The van der Waals surface area contributed by atoms with Gasteiger partial charge < -0.3 is 19.9 Å². The normalized spacial score (nSPS) is 10.6. The fraction of sp³-hybridized carbons (Fsp3) is 0.357. The highest BCUT2D eigenvalue weighted by atomic mass is 35.5. The van der Waals surface area contributed by atoms with Crippen LogP contribution in [-0.4, -0.2) is 50.0 Å². The van der Waals surface area contributed by atoms with E-state index in [4.69, 9.17) is 21.1 Å². The zero-order chi connectivity index (χ0) is 17.2. The van der Waals surface area contributed by atoms with Gasteiger partial charge in [-0.3, -0.25) is 9.59 Å². The van der Waals surface area contributed by atoms with Gasteiger partial charge in [0.2, 0.25) is 0 Å². The lowest BCUT2D eigenvalue weighted by molar-refractivity contribution is -0.139. The van der Waals surface area contributed by atoms with E-state index in [-0.39, 0.29) is 23.1 Å². The predicted molar refractivity (Wildman–Crippen MR) is 84.9 cm³/mol. The van der Waals surface area contributed by atoms with Crippen molar-refractivity contribution in [1.82, 2.24) is 10.7 Å². The second-order valence-electron chi connectivity index (χ2n) is 4.23. The molecule has 0 aliphatic rings. The zero-order valence-electron chi connectivity index (χ0n) is 12.8. The van der Waals surface area contributed by atoms with Gasteiger partial charge in [0.1, 0.15) is 0 Å². The Morgan fingerprint density at radius 3 is 2.78 bits per heavy atom. The number of amides is 2. The van der Waals surface area contributed by atoms with E-state index in [0.717, 1.165) is 0 Å². The number of benzene rings is 1. The minimum Gasteiger partial charge on any atom is -0.503 e. The summed E-state index contributed by atoms with van der Waals surface area (Å²) in [6.07, 6.45) is 1.27. The van der Waals surface area contributed by atoms with Gasteiger partial charge in [-0.15, -0.1) is 0 Å². The highest BCUT2D eigenvalue weighted by Crippen LogP contribution is 2.34. The first-order chi connectivity index (χ1) is 11.0. The molecule has 0 heterocycles. The van der Waals surface area contributed by atoms with Gasteiger partial charge in [-0.1, -0.05) is 11.6 Å². The molecule has 0 saturated heterocycles. The first-order valence-electron chi connectivity index (χ1n) is 6.75. The van der Waals surface area contributed by atoms with Crippen LogP contribution in [-0.2, 0) is 14.3 Å². The highest BCUT2D eigenvalue weighted by molar-refractivity contribution is 6.35. The standard InChI is InChI=1S/C14H18ClN3O5/c1-3-23-11-7-9(6-10(15)12(11)19)8-17-18-14(21)13(20)16-4-5-22-2/h6-8,19H,3-5H2,1-2H3,(H,16,20)(H,18,21)/b17-8-. The molecule has 0 bridgehead atoms. The number of hydrazone groups is 1. The van der Waals surface area contributed by atoms with E-state index < -0.39 is 11.8 Å². The maximum absolute atomic E-state index is 11.4. The Bertz CT molecular complexity index is 592. The molecule has 1 rings (SSSR count). The highest BCUT2D eigenvalue weighted by Gasteiger charge is 2.12. The number of carbonyl (C=O) groups excluding carboxylic acids is 2. The largest absolute Gasteiger partial charge is 0.503 e. The number of carbonyl (C=O) groups is 2. The van der Waals surface area contributed by atoms with E-state index in [9.17, 15) is 14.7 Å². The minimum absolute atomic E-state index is 0.0843. The summed E-state index contributed by atoms with van der Waals surface area (Å²) in [5.41, 5.74) is 2.56. The molecule has 0 aliphatic carbocycles. The van der Waals surface area contributed by atoms with Crippen molar-refractivity contribution in [3.8, 4) is 11.5 Å². The number of hydrogen-bond donors (Lipinski definition) is 3. The van der Waals surface area contributed by atoms with Crippen molar-refractivity contribution in [2.24, 2.45) is 5.10 Å². The Morgan fingerprint density at radius 1 is 1.39 bits per heavy atom. The monoisotopic (exact) mass is 343 g/mol. The maximum Gasteiger partial charge on any atom is 0.329 e. The van der Waals surface area contributed by atoms with E-state index in [1.165, 1.54) is 25.5 Å². The molecule has 9 heteroatoms. The van der Waals surface area contributed by atoms with Crippen molar-refractivity contribution in [3.63, 3.8) is 0 Å². The quantitative estimate of drug-likeness (QED) is 0.291. The summed E-state index contributed by atoms with van der Waals surface area (Å²) in [4.78, 5) is 22.8. The van der Waals surface area contributed by atoms with Crippen LogP contribution in [0.2, 0.25) is 5.02 Å². The number of nitrogens with zero attached hydrogens (tertiary/aromatic N) is 1. The Kier molecular flexibility index (Phi) is 7.86. The molecule has 0 saturated carbocycles. The fourth-order valence-electron chi connectivity index (χ4n) is 1.50. The van der Waals surface area contributed by atoms with Crippen molar-refractivity contribution < 1.29 is 24.2 Å². The van der Waals surface area contributed by atoms with Crippen LogP contribution >= 0.6 is 11.6 Å². The molecule has 2 amide bonds. The summed E-state index contributed by atoms with van der Waals surface area (Å²) in [6.45, 7) is 2.63. The van der Waals surface area contributed by atoms with Gasteiger partial charge in [-0.25, -0.2) is 5.43 Å². The van der Waals surface area contributed by atoms with Crippen LogP contribution in [0.15, 0.2) is 17.2 Å². The smallest absolute Gasteiger partial charge is 0.329 e. The second-order valence-corrected chi connectivity index (χ2v) is 4.64. The predicted octanol–water partition coefficient (Wildman–Crippen LogP) is 0.657. The zero-order valence-corrected chi connectivity index (χ0v) is 13.5. The van der Waals surface area contributed by atoms with Crippen LogP contribution in [0.5, 0.6) is 11.5 Å². The van der Waals surface area contributed by atoms with Gasteiger partial charge in [0, 0.05) is 13.7 Å². The third-order valence-corrected chi connectivity index (χ3v) is 2.82. The minimum atomic E-state index is -0.910. The SMILES string of the molecule is CCOc1cc(/C=N\NC(=O)C(=O)NCCOC)cc(Cl)c1O. The molecule has 126 valence electrons. The van der Waals surface area contributed by atoms with Crippen LogP contribution in [0.4, 0.5) is 0 Å². The Balaban J connectivity index is 2.64. The van der Waals surface area contributed by atoms with E-state index in [0.29, 0.717) is 18.8 Å². The summed E-state index contributed by atoms with van der Waals surface area (Å²) in [5.74, 6) is -1.71. The van der Waals surface area contributed by atoms with Gasteiger partial charge in [0.25, 0.3) is 0 Å². The van der Waals surface area contributed by atoms with Crippen molar-refractivity contribution >= 4 is 29.6 Å². The van der Waals surface area contributed by atoms with Crippen molar-refractivity contribution in [2.75, 3.05) is 26.9 Å². The molecular weight excluding hydrogens is 326 g/mol. The molecule has 3 N–H and O–H groups in total. The molecule has 0 aromatic heterocycles. The van der Waals surface area contributed by atoms with Crippen LogP contribution in [0.1, 0.15) is 12.5 Å². The van der Waals surface area contributed by atoms with Gasteiger partial charge >= 0.3 is 11.8 Å². The molecule has 1 aromatic carbocycles. The van der Waals surface area contributed by atoms with Crippen molar-refractivity contribution in [2.45, 2.75) is 6.92 Å². The number of phenols is 1. The third kappa shape index (κ3) is 6.13. The fourth-order valence-corrected chi connectivity index (χ4v) is 1.72. The molecule has 0 radical (unpaired) electrons. The van der Waals surface area contributed by atoms with Crippen LogP contribution in [0.25, 0.3) is 0 Å². The van der Waals surface area contributed by atoms with Crippen molar-refractivity contribution in [1.29, 1.82) is 0 Å². The maximum atomic E-state index is 11.4. The van der Waals surface area contributed by atoms with Gasteiger partial charge in [-0.2, -0.15) is 5.10 Å². The van der Waals surface area contributed by atoms with E-state index in [1.807, 2.05) is 0 Å². The van der Waals surface area contributed by atoms with Gasteiger partial charge in [0.05, 0.1) is 24.5 Å². The van der Waals surface area contributed by atoms with E-state index in [1.54, 1.807) is 6.92 Å². The molecule has 23 heavy (non-hydrogen) atoms. The lowest BCUT2D eigenvalue weighted by Gasteiger charge is -2.08. The van der Waals surface area contributed by atoms with Gasteiger partial charge in [-0.05, 0) is 24.6 Å². The Hall–Kier alpha value is -2.32. The molecule has 8 nitrogen and oxygen atoms in total. The molecule has 0 unspecified atom stereocenters. The van der Waals surface area contributed by atoms with Crippen LogP contribution in [0, 0.1) is 0 Å². The first-order valence-corrected chi connectivity index (χ1v) is 7.12. The lowest BCUT2D eigenvalue weighted by atomic mass is 10.2. The summed E-state index contributed by atoms with van der Waals surface area (Å²) >= 11 is 5.86. The summed E-state index contributed by atoms with van der Waals surface area (Å²) < 4.78 is 9.96. The number of methoxy groups -OCH3 is 1. The van der Waals surface area contributed by atoms with E-state index in [2.05, 4.69) is 15.8 Å². The van der Waals surface area contributed by atoms with Crippen LogP contribution < -0.4 is 15.5 Å². The molecule has 0 aliphatic heterocycles. The molecule has 0 spiro atoms.